The minimum atomic E-state index is -3.43. The molecule has 5 saturated heterocycles. The van der Waals surface area contributed by atoms with Gasteiger partial charge in [-0.25, -0.2) is 14.4 Å². The van der Waals surface area contributed by atoms with Crippen LogP contribution in [-0.2, 0) is 19.7 Å². The fourth-order valence-electron chi connectivity index (χ4n) is 8.02. The maximum absolute atomic E-state index is 14.4. The lowest BCUT2D eigenvalue weighted by molar-refractivity contribution is -0.0300. The molecule has 0 radical (unpaired) electrons. The summed E-state index contributed by atoms with van der Waals surface area (Å²) in [6.07, 6.45) is 8.79. The van der Waals surface area contributed by atoms with Gasteiger partial charge < -0.3 is 28.9 Å². The predicted molar refractivity (Wildman–Crippen MR) is 180 cm³/mol. The number of piperidine rings is 1. The van der Waals surface area contributed by atoms with Crippen LogP contribution in [0.3, 0.4) is 0 Å². The van der Waals surface area contributed by atoms with Crippen LogP contribution >= 0.6 is 0 Å². The van der Waals surface area contributed by atoms with E-state index in [0.717, 1.165) is 71.2 Å². The van der Waals surface area contributed by atoms with Crippen molar-refractivity contribution in [3.8, 4) is 11.5 Å². The minimum absolute atomic E-state index is 0.109. The first-order valence-corrected chi connectivity index (χ1v) is 19.1. The number of rotatable bonds is 9. The number of hydrogen-bond donors (Lipinski definition) is 1. The van der Waals surface area contributed by atoms with E-state index in [4.69, 9.17) is 14.2 Å². The molecule has 1 aromatic carbocycles. The maximum atomic E-state index is 14.4. The lowest BCUT2D eigenvalue weighted by Gasteiger charge is -2.54. The van der Waals surface area contributed by atoms with Crippen molar-refractivity contribution >= 4 is 21.9 Å². The van der Waals surface area contributed by atoms with Crippen LogP contribution in [0.15, 0.2) is 30.7 Å². The van der Waals surface area contributed by atoms with E-state index >= 15 is 0 Å². The molecule has 0 bridgehead atoms. The molecular formula is C34H48FN7O6S. The molecule has 268 valence electrons. The highest BCUT2D eigenvalue weighted by atomic mass is 32.2. The summed E-state index contributed by atoms with van der Waals surface area (Å²) in [6.45, 7) is 10.8. The molecule has 5 aliphatic heterocycles. The van der Waals surface area contributed by atoms with Crippen LogP contribution in [0.2, 0.25) is 0 Å². The van der Waals surface area contributed by atoms with Crippen molar-refractivity contribution in [2.75, 3.05) is 70.5 Å². The third-order valence-electron chi connectivity index (χ3n) is 10.8. The highest BCUT2D eigenvalue weighted by molar-refractivity contribution is 7.87. The molecule has 6 heterocycles. The Hall–Kier alpha value is -2.95. The van der Waals surface area contributed by atoms with Crippen LogP contribution in [-0.4, -0.2) is 128 Å². The van der Waals surface area contributed by atoms with E-state index in [-0.39, 0.29) is 46.9 Å². The van der Waals surface area contributed by atoms with Gasteiger partial charge in [-0.2, -0.15) is 17.4 Å². The molecule has 1 aromatic heterocycles. The van der Waals surface area contributed by atoms with Gasteiger partial charge in [0.05, 0.1) is 49.8 Å². The van der Waals surface area contributed by atoms with Gasteiger partial charge in [0.1, 0.15) is 17.9 Å². The number of morpholine rings is 1. The second-order valence-corrected chi connectivity index (χ2v) is 16.2. The normalized spacial score (nSPS) is 28.1. The van der Waals surface area contributed by atoms with E-state index in [1.165, 1.54) is 24.5 Å². The first-order chi connectivity index (χ1) is 23.6. The van der Waals surface area contributed by atoms with Crippen LogP contribution in [0, 0.1) is 11.2 Å². The number of halogens is 1. The Bertz CT molecular complexity index is 1580. The zero-order chi connectivity index (χ0) is 34.2. The molecule has 1 amide bonds. The van der Waals surface area contributed by atoms with Crippen LogP contribution < -0.4 is 14.4 Å². The number of hydrogen-bond acceptors (Lipinski definition) is 10. The molecule has 2 aromatic rings. The van der Waals surface area contributed by atoms with Crippen LogP contribution in [0.25, 0.3) is 0 Å². The standard InChI is InChI=1S/C34H48FN7O6S/c1-24-18-46-19-25(2)42(24)33(43)29-15-26(35)5-8-30(29)48-31-16-36-23-37-32(31)40-21-34(22-40)9-13-39(14-10-34)17-28-7-6-27(20-47-28)38-49(44,45)41-11-3-4-12-41/h5,8,15-16,23-25,27-28,38H,3-4,6-7,9-14,17-22H2,1-2H3/t24-,25-,27-,28+/m1/s1. The minimum Gasteiger partial charge on any atom is -0.451 e. The molecule has 4 atom stereocenters. The van der Waals surface area contributed by atoms with Crippen molar-refractivity contribution in [1.82, 2.24) is 28.8 Å². The lowest BCUT2D eigenvalue weighted by atomic mass is 9.72. The molecule has 0 saturated carbocycles. The Kier molecular flexibility index (Phi) is 10.1. The summed E-state index contributed by atoms with van der Waals surface area (Å²) in [7, 11) is -3.43. The molecule has 1 spiro atoms. The third-order valence-corrected chi connectivity index (χ3v) is 12.5. The number of likely N-dealkylation sites (tertiary alicyclic amines) is 1. The van der Waals surface area contributed by atoms with Crippen molar-refractivity contribution < 1.29 is 31.8 Å². The van der Waals surface area contributed by atoms with Crippen molar-refractivity contribution in [1.29, 1.82) is 0 Å². The molecule has 5 fully saturated rings. The zero-order valence-corrected chi connectivity index (χ0v) is 29.2. The summed E-state index contributed by atoms with van der Waals surface area (Å²) in [5.74, 6) is 0.534. The molecule has 0 aliphatic carbocycles. The second kappa shape index (κ2) is 14.3. The van der Waals surface area contributed by atoms with E-state index in [0.29, 0.717) is 44.5 Å². The second-order valence-electron chi connectivity index (χ2n) is 14.5. The quantitative estimate of drug-likeness (QED) is 0.417. The van der Waals surface area contributed by atoms with Gasteiger partial charge in [-0.05, 0) is 83.7 Å². The van der Waals surface area contributed by atoms with E-state index in [1.807, 2.05) is 13.8 Å². The van der Waals surface area contributed by atoms with Crippen LogP contribution in [0.1, 0.15) is 62.7 Å². The fourth-order valence-corrected chi connectivity index (χ4v) is 9.52. The molecule has 13 nitrogen and oxygen atoms in total. The Morgan fingerprint density at radius 1 is 1.04 bits per heavy atom. The Labute approximate surface area is 288 Å². The van der Waals surface area contributed by atoms with E-state index < -0.39 is 16.0 Å². The zero-order valence-electron chi connectivity index (χ0n) is 28.4. The topological polar surface area (TPSA) is 130 Å². The number of ether oxygens (including phenoxy) is 3. The average Bonchev–Trinajstić information content (AvgIpc) is 3.63. The number of aromatic nitrogens is 2. The molecule has 0 unspecified atom stereocenters. The van der Waals surface area contributed by atoms with Gasteiger partial charge in [-0.15, -0.1) is 0 Å². The largest absolute Gasteiger partial charge is 0.451 e. The van der Waals surface area contributed by atoms with Crippen LogP contribution in [0.5, 0.6) is 11.5 Å². The smallest absolute Gasteiger partial charge is 0.279 e. The Morgan fingerprint density at radius 3 is 2.47 bits per heavy atom. The van der Waals surface area contributed by atoms with E-state index in [9.17, 15) is 17.6 Å². The number of benzene rings is 1. The van der Waals surface area contributed by atoms with Gasteiger partial charge >= 0.3 is 0 Å². The first kappa shape index (κ1) is 34.5. The number of amides is 1. The van der Waals surface area contributed by atoms with Crippen molar-refractivity contribution in [2.24, 2.45) is 5.41 Å². The van der Waals surface area contributed by atoms with Gasteiger partial charge in [0, 0.05) is 44.2 Å². The summed E-state index contributed by atoms with van der Waals surface area (Å²) in [4.78, 5) is 28.8. The summed E-state index contributed by atoms with van der Waals surface area (Å²) >= 11 is 0. The maximum Gasteiger partial charge on any atom is 0.279 e. The van der Waals surface area contributed by atoms with Gasteiger partial charge in [0.2, 0.25) is 0 Å². The summed E-state index contributed by atoms with van der Waals surface area (Å²) < 4.78 is 62.1. The van der Waals surface area contributed by atoms with Crippen molar-refractivity contribution in [3.05, 3.63) is 42.1 Å². The first-order valence-electron chi connectivity index (χ1n) is 17.6. The van der Waals surface area contributed by atoms with Gasteiger partial charge in [0.15, 0.2) is 11.6 Å². The summed E-state index contributed by atoms with van der Waals surface area (Å²) in [5, 5.41) is 0. The van der Waals surface area contributed by atoms with Gasteiger partial charge in [-0.1, -0.05) is 0 Å². The number of nitrogens with zero attached hydrogens (tertiary/aromatic N) is 6. The summed E-state index contributed by atoms with van der Waals surface area (Å²) in [6, 6.07) is 3.54. The predicted octanol–water partition coefficient (Wildman–Crippen LogP) is 3.04. The van der Waals surface area contributed by atoms with Crippen LogP contribution in [0.4, 0.5) is 10.2 Å². The Morgan fingerprint density at radius 2 is 1.78 bits per heavy atom. The molecular weight excluding hydrogens is 653 g/mol. The lowest BCUT2D eigenvalue weighted by Crippen LogP contribution is -2.61. The number of carbonyl (C=O) groups excluding carboxylic acids is 1. The summed E-state index contributed by atoms with van der Waals surface area (Å²) in [5.41, 5.74) is 0.341. The third kappa shape index (κ3) is 7.57. The van der Waals surface area contributed by atoms with Crippen molar-refractivity contribution in [2.45, 2.75) is 76.6 Å². The van der Waals surface area contributed by atoms with Gasteiger partial charge in [-0.3, -0.25) is 4.79 Å². The fraction of sp³-hybridized carbons (Fsp3) is 0.676. The van der Waals surface area contributed by atoms with E-state index in [2.05, 4.69) is 24.5 Å². The molecule has 1 N–H and O–H groups in total. The number of nitrogens with one attached hydrogen (secondary N) is 1. The Balaban J connectivity index is 0.916. The molecule has 49 heavy (non-hydrogen) atoms. The number of anilines is 1. The monoisotopic (exact) mass is 701 g/mol. The SMILES string of the molecule is C[C@@H]1COC[C@@H](C)N1C(=O)c1cc(F)ccc1Oc1cncnc1N1CC2(CCN(C[C@@H]3CC[C@@H](NS(=O)(=O)N4CCCC4)CO3)CC2)C1. The molecule has 15 heteroatoms. The average molecular weight is 702 g/mol. The molecule has 5 aliphatic rings. The molecule has 7 rings (SSSR count). The van der Waals surface area contributed by atoms with E-state index in [1.54, 1.807) is 15.4 Å². The highest BCUT2D eigenvalue weighted by Gasteiger charge is 2.46. The van der Waals surface area contributed by atoms with Gasteiger partial charge in [0.25, 0.3) is 16.1 Å². The van der Waals surface area contributed by atoms with Crippen molar-refractivity contribution in [3.63, 3.8) is 0 Å². The highest BCUT2D eigenvalue weighted by Crippen LogP contribution is 2.45. The number of carbonyl (C=O) groups is 1.